The molecule has 2 amide bonds. The van der Waals surface area contributed by atoms with Gasteiger partial charge in [-0.3, -0.25) is 9.59 Å². The molecule has 0 aromatic rings. The van der Waals surface area contributed by atoms with Crippen molar-refractivity contribution in [1.82, 2.24) is 15.1 Å². The number of nitrogens with one attached hydrogen (secondary N) is 1. The van der Waals surface area contributed by atoms with Gasteiger partial charge in [-0.25, -0.2) is 0 Å². The summed E-state index contributed by atoms with van der Waals surface area (Å²) in [5.41, 5.74) is 0. The molecule has 2 aliphatic rings. The molecule has 0 aromatic carbocycles. The standard InChI is InChI=1S/C15H25N3O3/c1-17(2)8-3-4-14(19)16-13-5-9-18(15(13)20)12-6-10-21-11-7-12/h3-4,12-13H,5-11H2,1-2H3,(H,16,19)/b4-3+. The summed E-state index contributed by atoms with van der Waals surface area (Å²) in [6.07, 6.45) is 5.79. The number of ether oxygens (including phenoxy) is 1. The van der Waals surface area contributed by atoms with Crippen molar-refractivity contribution in [2.75, 3.05) is 40.4 Å². The fourth-order valence-electron chi connectivity index (χ4n) is 2.79. The molecule has 2 saturated heterocycles. The van der Waals surface area contributed by atoms with Crippen molar-refractivity contribution in [3.05, 3.63) is 12.2 Å². The lowest BCUT2D eigenvalue weighted by molar-refractivity contribution is -0.134. The number of likely N-dealkylation sites (N-methyl/N-ethyl adjacent to an activating group) is 1. The second-order valence-corrected chi connectivity index (χ2v) is 5.89. The highest BCUT2D eigenvalue weighted by atomic mass is 16.5. The van der Waals surface area contributed by atoms with E-state index in [-0.39, 0.29) is 23.9 Å². The molecule has 6 nitrogen and oxygen atoms in total. The van der Waals surface area contributed by atoms with Gasteiger partial charge in [-0.2, -0.15) is 0 Å². The summed E-state index contributed by atoms with van der Waals surface area (Å²) < 4.78 is 5.33. The summed E-state index contributed by atoms with van der Waals surface area (Å²) in [7, 11) is 3.88. The van der Waals surface area contributed by atoms with E-state index in [1.54, 1.807) is 6.08 Å². The van der Waals surface area contributed by atoms with Crippen LogP contribution in [0.3, 0.4) is 0 Å². The minimum atomic E-state index is -0.371. The summed E-state index contributed by atoms with van der Waals surface area (Å²) in [6, 6.07) is -0.0956. The van der Waals surface area contributed by atoms with E-state index in [1.165, 1.54) is 6.08 Å². The fraction of sp³-hybridized carbons (Fsp3) is 0.733. The van der Waals surface area contributed by atoms with E-state index in [0.29, 0.717) is 13.0 Å². The third-order valence-electron chi connectivity index (χ3n) is 3.93. The molecule has 2 fully saturated rings. The van der Waals surface area contributed by atoms with Gasteiger partial charge in [0.1, 0.15) is 6.04 Å². The van der Waals surface area contributed by atoms with Gasteiger partial charge >= 0.3 is 0 Å². The number of hydrogen-bond donors (Lipinski definition) is 1. The van der Waals surface area contributed by atoms with Crippen LogP contribution in [0, 0.1) is 0 Å². The van der Waals surface area contributed by atoms with Gasteiger partial charge in [0.2, 0.25) is 11.8 Å². The van der Waals surface area contributed by atoms with Crippen molar-refractivity contribution in [2.45, 2.75) is 31.3 Å². The number of carbonyl (C=O) groups is 2. The Balaban J connectivity index is 1.81. The van der Waals surface area contributed by atoms with E-state index in [0.717, 1.165) is 32.6 Å². The van der Waals surface area contributed by atoms with Crippen molar-refractivity contribution in [2.24, 2.45) is 0 Å². The molecule has 2 rings (SSSR count). The van der Waals surface area contributed by atoms with Gasteiger partial charge in [0.05, 0.1) is 0 Å². The molecule has 0 bridgehead atoms. The summed E-state index contributed by atoms with van der Waals surface area (Å²) in [5, 5.41) is 2.80. The smallest absolute Gasteiger partial charge is 0.245 e. The van der Waals surface area contributed by atoms with Crippen molar-refractivity contribution in [3.8, 4) is 0 Å². The van der Waals surface area contributed by atoms with Crippen molar-refractivity contribution in [3.63, 3.8) is 0 Å². The van der Waals surface area contributed by atoms with E-state index in [1.807, 2.05) is 23.9 Å². The normalized spacial score (nSPS) is 24.2. The van der Waals surface area contributed by atoms with Gasteiger partial charge in [0.25, 0.3) is 0 Å². The summed E-state index contributed by atoms with van der Waals surface area (Å²) in [4.78, 5) is 28.0. The van der Waals surface area contributed by atoms with Gasteiger partial charge in [-0.1, -0.05) is 6.08 Å². The Morgan fingerprint density at radius 3 is 2.76 bits per heavy atom. The molecular weight excluding hydrogens is 270 g/mol. The molecule has 2 aliphatic heterocycles. The molecule has 0 aliphatic carbocycles. The monoisotopic (exact) mass is 295 g/mol. The minimum absolute atomic E-state index is 0.0521. The Labute approximate surface area is 126 Å². The zero-order valence-electron chi connectivity index (χ0n) is 12.9. The molecule has 0 radical (unpaired) electrons. The molecule has 0 aromatic heterocycles. The Kier molecular flexibility index (Phi) is 5.76. The Morgan fingerprint density at radius 2 is 2.10 bits per heavy atom. The number of amides is 2. The van der Waals surface area contributed by atoms with Crippen LogP contribution < -0.4 is 5.32 Å². The summed E-state index contributed by atoms with van der Waals surface area (Å²) in [5.74, 6) is -0.139. The van der Waals surface area contributed by atoms with Gasteiger partial charge in [0.15, 0.2) is 0 Å². The first-order valence-corrected chi connectivity index (χ1v) is 7.58. The van der Waals surface area contributed by atoms with Crippen molar-refractivity contribution >= 4 is 11.8 Å². The largest absolute Gasteiger partial charge is 0.381 e. The van der Waals surface area contributed by atoms with Crippen LogP contribution in [-0.2, 0) is 14.3 Å². The average molecular weight is 295 g/mol. The van der Waals surface area contributed by atoms with E-state index >= 15 is 0 Å². The third-order valence-corrected chi connectivity index (χ3v) is 3.93. The van der Waals surface area contributed by atoms with Gasteiger partial charge in [0, 0.05) is 38.4 Å². The number of carbonyl (C=O) groups excluding carboxylic acids is 2. The van der Waals surface area contributed by atoms with Crippen LogP contribution in [0.25, 0.3) is 0 Å². The first kappa shape index (κ1) is 16.0. The Bertz CT molecular complexity index is 403. The summed E-state index contributed by atoms with van der Waals surface area (Å²) in [6.45, 7) is 2.88. The van der Waals surface area contributed by atoms with Crippen molar-refractivity contribution in [1.29, 1.82) is 0 Å². The van der Waals surface area contributed by atoms with E-state index in [9.17, 15) is 9.59 Å². The third kappa shape index (κ3) is 4.54. The van der Waals surface area contributed by atoms with E-state index < -0.39 is 0 Å². The number of likely N-dealkylation sites (tertiary alicyclic amines) is 1. The zero-order chi connectivity index (χ0) is 15.2. The SMILES string of the molecule is CN(C)C/C=C/C(=O)NC1CCN(C2CCOCC2)C1=O. The van der Waals surface area contributed by atoms with Crippen LogP contribution in [0.15, 0.2) is 12.2 Å². The summed E-state index contributed by atoms with van der Waals surface area (Å²) >= 11 is 0. The topological polar surface area (TPSA) is 61.9 Å². The Hall–Kier alpha value is -1.40. The molecule has 1 atom stereocenters. The second kappa shape index (κ2) is 7.56. The van der Waals surface area contributed by atoms with E-state index in [2.05, 4.69) is 5.32 Å². The Morgan fingerprint density at radius 1 is 1.38 bits per heavy atom. The van der Waals surface area contributed by atoms with Gasteiger partial charge in [-0.05, 0) is 33.4 Å². The highest BCUT2D eigenvalue weighted by Gasteiger charge is 2.36. The zero-order valence-corrected chi connectivity index (χ0v) is 12.9. The van der Waals surface area contributed by atoms with Crippen LogP contribution >= 0.6 is 0 Å². The molecule has 1 N–H and O–H groups in total. The number of rotatable bonds is 5. The van der Waals surface area contributed by atoms with Crippen LogP contribution in [0.4, 0.5) is 0 Å². The molecular formula is C15H25N3O3. The predicted molar refractivity (Wildman–Crippen MR) is 79.8 cm³/mol. The molecule has 2 heterocycles. The van der Waals surface area contributed by atoms with Crippen LogP contribution in [0.1, 0.15) is 19.3 Å². The van der Waals surface area contributed by atoms with Crippen LogP contribution in [0.2, 0.25) is 0 Å². The first-order valence-electron chi connectivity index (χ1n) is 7.58. The highest BCUT2D eigenvalue weighted by Crippen LogP contribution is 2.21. The number of nitrogens with zero attached hydrogens (tertiary/aromatic N) is 2. The fourth-order valence-corrected chi connectivity index (χ4v) is 2.79. The number of hydrogen-bond acceptors (Lipinski definition) is 4. The lowest BCUT2D eigenvalue weighted by Gasteiger charge is -2.31. The van der Waals surface area contributed by atoms with Gasteiger partial charge < -0.3 is 19.9 Å². The molecule has 118 valence electrons. The molecule has 21 heavy (non-hydrogen) atoms. The molecule has 0 saturated carbocycles. The predicted octanol–water partition coefficient (Wildman–Crippen LogP) is 0.000300. The first-order chi connectivity index (χ1) is 10.1. The minimum Gasteiger partial charge on any atom is -0.381 e. The quantitative estimate of drug-likeness (QED) is 0.725. The maximum atomic E-state index is 12.4. The lowest BCUT2D eigenvalue weighted by atomic mass is 10.1. The van der Waals surface area contributed by atoms with E-state index in [4.69, 9.17) is 4.74 Å². The second-order valence-electron chi connectivity index (χ2n) is 5.89. The van der Waals surface area contributed by atoms with Crippen LogP contribution in [0.5, 0.6) is 0 Å². The van der Waals surface area contributed by atoms with Crippen LogP contribution in [-0.4, -0.2) is 74.1 Å². The maximum absolute atomic E-state index is 12.4. The highest BCUT2D eigenvalue weighted by molar-refractivity contribution is 5.93. The lowest BCUT2D eigenvalue weighted by Crippen LogP contribution is -2.45. The average Bonchev–Trinajstić information content (AvgIpc) is 2.81. The van der Waals surface area contributed by atoms with Crippen molar-refractivity contribution < 1.29 is 14.3 Å². The maximum Gasteiger partial charge on any atom is 0.245 e. The molecule has 0 spiro atoms. The molecule has 6 heteroatoms. The molecule has 1 unspecified atom stereocenters. The van der Waals surface area contributed by atoms with Gasteiger partial charge in [-0.15, -0.1) is 0 Å².